The number of rotatable bonds is 10. The fourth-order valence-corrected chi connectivity index (χ4v) is 2.78. The Morgan fingerprint density at radius 3 is 1.21 bits per heavy atom. The highest BCUT2D eigenvalue weighted by Gasteiger charge is 2.30. The highest BCUT2D eigenvalue weighted by molar-refractivity contribution is 5.81. The maximum absolute atomic E-state index is 11.0. The third kappa shape index (κ3) is 6.92. The standard InChI is InChI=1S/C14H22N2O8/c17-11(18)5-9(13(21)22)15-7-1-2-8(4-3-7)16-10(14(23)24)6-12(19)20/h7-10,15-16H,1-6H2,(H,17,18)(H,19,20)(H,21,22)(H,23,24). The van der Waals surface area contributed by atoms with Crippen LogP contribution in [0.2, 0.25) is 0 Å². The molecular formula is C14H22N2O8. The molecule has 1 aliphatic carbocycles. The zero-order valence-electron chi connectivity index (χ0n) is 13.0. The predicted octanol–water partition coefficient (Wildman–Crippen LogP) is -0.667. The molecule has 1 aliphatic rings. The maximum atomic E-state index is 11.0. The molecule has 1 rings (SSSR count). The van der Waals surface area contributed by atoms with E-state index in [1.54, 1.807) is 0 Å². The van der Waals surface area contributed by atoms with Crippen LogP contribution in [0.25, 0.3) is 0 Å². The summed E-state index contributed by atoms with van der Waals surface area (Å²) in [6.07, 6.45) is 1.13. The molecule has 0 aromatic heterocycles. The van der Waals surface area contributed by atoms with E-state index in [9.17, 15) is 19.2 Å². The van der Waals surface area contributed by atoms with Gasteiger partial charge in [-0.25, -0.2) is 0 Å². The third-order valence-corrected chi connectivity index (χ3v) is 3.95. The average Bonchev–Trinajstić information content (AvgIpc) is 2.46. The number of aliphatic carboxylic acids is 4. The van der Waals surface area contributed by atoms with Crippen LogP contribution < -0.4 is 10.6 Å². The van der Waals surface area contributed by atoms with Crippen molar-refractivity contribution < 1.29 is 39.6 Å². The van der Waals surface area contributed by atoms with E-state index in [1.165, 1.54) is 0 Å². The van der Waals surface area contributed by atoms with Crippen molar-refractivity contribution in [2.45, 2.75) is 62.7 Å². The van der Waals surface area contributed by atoms with Crippen molar-refractivity contribution in [3.63, 3.8) is 0 Å². The van der Waals surface area contributed by atoms with Gasteiger partial charge in [0.05, 0.1) is 12.8 Å². The molecule has 10 nitrogen and oxygen atoms in total. The average molecular weight is 346 g/mol. The zero-order chi connectivity index (χ0) is 18.3. The summed E-state index contributed by atoms with van der Waals surface area (Å²) in [5.74, 6) is -4.87. The molecule has 1 saturated carbocycles. The molecule has 0 radical (unpaired) electrons. The second kappa shape index (κ2) is 9.18. The molecule has 2 atom stereocenters. The van der Waals surface area contributed by atoms with Gasteiger partial charge in [0, 0.05) is 12.1 Å². The minimum Gasteiger partial charge on any atom is -0.481 e. The fraction of sp³-hybridized carbons (Fsp3) is 0.714. The SMILES string of the molecule is O=C(O)CC(NC1CCC(NC(CC(=O)O)C(=O)O)CC1)C(=O)O. The van der Waals surface area contributed by atoms with Crippen LogP contribution >= 0.6 is 0 Å². The van der Waals surface area contributed by atoms with E-state index in [0.717, 1.165) is 0 Å². The van der Waals surface area contributed by atoms with E-state index in [0.29, 0.717) is 25.7 Å². The largest absolute Gasteiger partial charge is 0.481 e. The first-order valence-corrected chi connectivity index (χ1v) is 7.60. The second-order valence-electron chi connectivity index (χ2n) is 5.86. The lowest BCUT2D eigenvalue weighted by molar-refractivity contribution is -0.146. The number of nitrogens with one attached hydrogen (secondary N) is 2. The van der Waals surface area contributed by atoms with Gasteiger partial charge < -0.3 is 31.1 Å². The molecule has 24 heavy (non-hydrogen) atoms. The van der Waals surface area contributed by atoms with Crippen LogP contribution in [0.5, 0.6) is 0 Å². The summed E-state index contributed by atoms with van der Waals surface area (Å²) in [5.41, 5.74) is 0. The highest BCUT2D eigenvalue weighted by Crippen LogP contribution is 2.20. The Labute approximate surface area is 137 Å². The van der Waals surface area contributed by atoms with E-state index in [1.807, 2.05) is 0 Å². The lowest BCUT2D eigenvalue weighted by Crippen LogP contribution is -2.50. The van der Waals surface area contributed by atoms with Gasteiger partial charge in [-0.15, -0.1) is 0 Å². The van der Waals surface area contributed by atoms with Crippen LogP contribution in [0.1, 0.15) is 38.5 Å². The molecular weight excluding hydrogens is 324 g/mol. The van der Waals surface area contributed by atoms with E-state index in [-0.39, 0.29) is 12.1 Å². The topological polar surface area (TPSA) is 173 Å². The number of carbonyl (C=O) groups is 4. The molecule has 0 saturated heterocycles. The van der Waals surface area contributed by atoms with E-state index < -0.39 is 48.8 Å². The molecule has 0 heterocycles. The number of carboxylic acids is 4. The molecule has 0 aromatic carbocycles. The molecule has 1 fully saturated rings. The first-order chi connectivity index (χ1) is 11.2. The summed E-state index contributed by atoms with van der Waals surface area (Å²) in [7, 11) is 0. The van der Waals surface area contributed by atoms with Crippen molar-refractivity contribution in [1.29, 1.82) is 0 Å². The van der Waals surface area contributed by atoms with Crippen molar-refractivity contribution in [3.05, 3.63) is 0 Å². The fourth-order valence-electron chi connectivity index (χ4n) is 2.78. The quantitative estimate of drug-likeness (QED) is 0.298. The van der Waals surface area contributed by atoms with Gasteiger partial charge in [-0.3, -0.25) is 19.2 Å². The Morgan fingerprint density at radius 2 is 1.00 bits per heavy atom. The Morgan fingerprint density at radius 1 is 0.708 bits per heavy atom. The van der Waals surface area contributed by atoms with E-state index in [2.05, 4.69) is 10.6 Å². The summed E-state index contributed by atoms with van der Waals surface area (Å²) in [6.45, 7) is 0. The normalized spacial score (nSPS) is 23.2. The molecule has 0 bridgehead atoms. The molecule has 0 spiro atoms. The molecule has 0 aromatic rings. The lowest BCUT2D eigenvalue weighted by atomic mass is 9.90. The van der Waals surface area contributed by atoms with Gasteiger partial charge in [-0.05, 0) is 25.7 Å². The van der Waals surface area contributed by atoms with Crippen LogP contribution in [0.15, 0.2) is 0 Å². The molecule has 136 valence electrons. The summed E-state index contributed by atoms with van der Waals surface area (Å²) in [6, 6.07) is -2.69. The van der Waals surface area contributed by atoms with Crippen molar-refractivity contribution in [2.24, 2.45) is 0 Å². The Hall–Kier alpha value is -2.20. The van der Waals surface area contributed by atoms with Gasteiger partial charge in [0.25, 0.3) is 0 Å². The summed E-state index contributed by atoms with van der Waals surface area (Å²) in [4.78, 5) is 43.4. The van der Waals surface area contributed by atoms with Gasteiger partial charge in [-0.1, -0.05) is 0 Å². The summed E-state index contributed by atoms with van der Waals surface area (Å²) in [5, 5.41) is 41.0. The molecule has 0 amide bonds. The summed E-state index contributed by atoms with van der Waals surface area (Å²) < 4.78 is 0. The van der Waals surface area contributed by atoms with Crippen molar-refractivity contribution in [2.75, 3.05) is 0 Å². The van der Waals surface area contributed by atoms with Gasteiger partial charge in [-0.2, -0.15) is 0 Å². The van der Waals surface area contributed by atoms with Crippen LogP contribution in [-0.4, -0.2) is 68.5 Å². The smallest absolute Gasteiger partial charge is 0.321 e. The maximum Gasteiger partial charge on any atom is 0.321 e. The first kappa shape index (κ1) is 19.8. The lowest BCUT2D eigenvalue weighted by Gasteiger charge is -2.32. The van der Waals surface area contributed by atoms with Crippen LogP contribution in [0, 0.1) is 0 Å². The third-order valence-electron chi connectivity index (χ3n) is 3.95. The number of hydrogen-bond donors (Lipinski definition) is 6. The molecule has 2 unspecified atom stereocenters. The predicted molar refractivity (Wildman–Crippen MR) is 79.7 cm³/mol. The van der Waals surface area contributed by atoms with Crippen LogP contribution in [0.4, 0.5) is 0 Å². The van der Waals surface area contributed by atoms with Gasteiger partial charge in [0.2, 0.25) is 0 Å². The first-order valence-electron chi connectivity index (χ1n) is 7.60. The minimum atomic E-state index is -1.23. The number of hydrogen-bond acceptors (Lipinski definition) is 6. The summed E-state index contributed by atoms with van der Waals surface area (Å²) >= 11 is 0. The Balaban J connectivity index is 2.47. The second-order valence-corrected chi connectivity index (χ2v) is 5.86. The van der Waals surface area contributed by atoms with Gasteiger partial charge >= 0.3 is 23.9 Å². The van der Waals surface area contributed by atoms with E-state index >= 15 is 0 Å². The monoisotopic (exact) mass is 346 g/mol. The van der Waals surface area contributed by atoms with Crippen molar-refractivity contribution in [1.82, 2.24) is 10.6 Å². The minimum absolute atomic E-state index is 0.175. The highest BCUT2D eigenvalue weighted by atomic mass is 16.4. The molecule has 10 heteroatoms. The van der Waals surface area contributed by atoms with Crippen LogP contribution in [0.3, 0.4) is 0 Å². The Bertz CT molecular complexity index is 443. The Kier molecular flexibility index (Phi) is 7.59. The van der Waals surface area contributed by atoms with Gasteiger partial charge in [0.15, 0.2) is 0 Å². The van der Waals surface area contributed by atoms with Crippen molar-refractivity contribution in [3.8, 4) is 0 Å². The van der Waals surface area contributed by atoms with Crippen LogP contribution in [-0.2, 0) is 19.2 Å². The molecule has 6 N–H and O–H groups in total. The van der Waals surface area contributed by atoms with E-state index in [4.69, 9.17) is 20.4 Å². The zero-order valence-corrected chi connectivity index (χ0v) is 13.0. The van der Waals surface area contributed by atoms with Crippen molar-refractivity contribution >= 4 is 23.9 Å². The number of carboxylic acid groups (broad SMARTS) is 4. The molecule has 0 aliphatic heterocycles. The van der Waals surface area contributed by atoms with Gasteiger partial charge in [0.1, 0.15) is 12.1 Å².